The Hall–Kier alpha value is -4.06. The third-order valence-electron chi connectivity index (χ3n) is 4.65. The lowest BCUT2D eigenvalue weighted by Gasteiger charge is -2.06. The van der Waals surface area contributed by atoms with Crippen molar-refractivity contribution in [1.82, 2.24) is 9.78 Å². The van der Waals surface area contributed by atoms with Crippen molar-refractivity contribution >= 4 is 17.4 Å². The number of anilines is 1. The maximum Gasteiger partial charge on any atom is 0.259 e. The molecule has 0 bridgehead atoms. The zero-order valence-corrected chi connectivity index (χ0v) is 16.2. The predicted octanol–water partition coefficient (Wildman–Crippen LogP) is 5.13. The van der Waals surface area contributed by atoms with Gasteiger partial charge in [-0.05, 0) is 67.6 Å². The van der Waals surface area contributed by atoms with Gasteiger partial charge in [-0.1, -0.05) is 18.2 Å². The summed E-state index contributed by atoms with van der Waals surface area (Å²) in [5.41, 5.74) is 3.34. The van der Waals surface area contributed by atoms with Gasteiger partial charge in [-0.25, -0.2) is 9.07 Å². The zero-order valence-electron chi connectivity index (χ0n) is 16.2. The molecule has 0 fully saturated rings. The molecule has 0 aliphatic carbocycles. The number of para-hydroxylation sites is 1. The van der Waals surface area contributed by atoms with Gasteiger partial charge in [-0.15, -0.1) is 0 Å². The first-order valence-corrected chi connectivity index (χ1v) is 9.34. The number of nitrogens with zero attached hydrogens (tertiary/aromatic N) is 2. The second-order valence-electron chi connectivity index (χ2n) is 6.77. The van der Waals surface area contributed by atoms with Crippen molar-refractivity contribution in [1.29, 1.82) is 0 Å². The van der Waals surface area contributed by atoms with E-state index in [2.05, 4.69) is 10.4 Å². The summed E-state index contributed by atoms with van der Waals surface area (Å²) in [6, 6.07) is 21.9. The van der Waals surface area contributed by atoms with Gasteiger partial charge in [0, 0.05) is 23.0 Å². The molecule has 1 N–H and O–H groups in total. The maximum atomic E-state index is 13.4. The van der Waals surface area contributed by atoms with Gasteiger partial charge in [0.1, 0.15) is 11.5 Å². The standard InChI is InChI=1S/C24H18FN3O2/c1-16(29)17-9-13-20(14-10-17)26-24(30)22-15-28(21-5-3-2-4-6-21)27-23(22)18-7-11-19(25)12-8-18/h2-15H,1H3,(H,26,30). The summed E-state index contributed by atoms with van der Waals surface area (Å²) in [6.45, 7) is 1.49. The fourth-order valence-electron chi connectivity index (χ4n) is 3.06. The summed E-state index contributed by atoms with van der Waals surface area (Å²) >= 11 is 0. The molecule has 0 saturated carbocycles. The molecular weight excluding hydrogens is 381 g/mol. The number of Topliss-reactive ketones (excluding diaryl/α,β-unsaturated/α-hetero) is 1. The van der Waals surface area contributed by atoms with Crippen molar-refractivity contribution in [3.05, 3.63) is 102 Å². The van der Waals surface area contributed by atoms with Crippen LogP contribution >= 0.6 is 0 Å². The minimum atomic E-state index is -0.363. The zero-order chi connectivity index (χ0) is 21.1. The number of hydrogen-bond acceptors (Lipinski definition) is 3. The molecule has 0 radical (unpaired) electrons. The fraction of sp³-hybridized carbons (Fsp3) is 0.0417. The second-order valence-corrected chi connectivity index (χ2v) is 6.77. The molecule has 1 heterocycles. The molecule has 0 saturated heterocycles. The van der Waals surface area contributed by atoms with Crippen molar-refractivity contribution in [3.63, 3.8) is 0 Å². The van der Waals surface area contributed by atoms with Crippen molar-refractivity contribution in [2.45, 2.75) is 6.92 Å². The molecule has 1 aromatic heterocycles. The minimum Gasteiger partial charge on any atom is -0.322 e. The molecule has 148 valence electrons. The Labute approximate surface area is 172 Å². The van der Waals surface area contributed by atoms with Gasteiger partial charge < -0.3 is 5.32 Å². The Morgan fingerprint density at radius 1 is 0.900 bits per heavy atom. The highest BCUT2D eigenvalue weighted by Crippen LogP contribution is 2.25. The molecule has 30 heavy (non-hydrogen) atoms. The minimum absolute atomic E-state index is 0.0457. The first-order chi connectivity index (χ1) is 14.5. The Balaban J connectivity index is 1.71. The smallest absolute Gasteiger partial charge is 0.259 e. The SMILES string of the molecule is CC(=O)c1ccc(NC(=O)c2cn(-c3ccccc3)nc2-c2ccc(F)cc2)cc1. The van der Waals surface area contributed by atoms with Crippen LogP contribution in [-0.4, -0.2) is 21.5 Å². The first kappa shape index (κ1) is 19.3. The topological polar surface area (TPSA) is 64.0 Å². The Morgan fingerprint density at radius 3 is 2.20 bits per heavy atom. The fourth-order valence-corrected chi connectivity index (χ4v) is 3.06. The molecule has 4 rings (SSSR count). The van der Waals surface area contributed by atoms with E-state index in [0.717, 1.165) is 5.69 Å². The summed E-state index contributed by atoms with van der Waals surface area (Å²) in [5.74, 6) is -0.763. The normalized spacial score (nSPS) is 10.6. The van der Waals surface area contributed by atoms with E-state index in [4.69, 9.17) is 0 Å². The first-order valence-electron chi connectivity index (χ1n) is 9.34. The van der Waals surface area contributed by atoms with Gasteiger partial charge in [0.05, 0.1) is 11.3 Å². The summed E-state index contributed by atoms with van der Waals surface area (Å²) < 4.78 is 15.0. The van der Waals surface area contributed by atoms with Crippen molar-refractivity contribution in [2.75, 3.05) is 5.32 Å². The average Bonchev–Trinajstić information content (AvgIpc) is 3.21. The van der Waals surface area contributed by atoms with Gasteiger partial charge in [0.25, 0.3) is 5.91 Å². The number of rotatable bonds is 5. The van der Waals surface area contributed by atoms with Gasteiger partial charge in [-0.3, -0.25) is 9.59 Å². The third kappa shape index (κ3) is 4.03. The Kier molecular flexibility index (Phi) is 5.22. The Bertz CT molecular complexity index is 1200. The number of halogens is 1. The van der Waals surface area contributed by atoms with E-state index in [0.29, 0.717) is 28.1 Å². The van der Waals surface area contributed by atoms with E-state index in [9.17, 15) is 14.0 Å². The van der Waals surface area contributed by atoms with E-state index in [1.54, 1.807) is 47.3 Å². The number of ketones is 1. The van der Waals surface area contributed by atoms with Gasteiger partial charge >= 0.3 is 0 Å². The molecule has 0 unspecified atom stereocenters. The Morgan fingerprint density at radius 2 is 1.57 bits per heavy atom. The molecule has 6 heteroatoms. The van der Waals surface area contributed by atoms with Crippen LogP contribution in [0.4, 0.5) is 10.1 Å². The van der Waals surface area contributed by atoms with Crippen LogP contribution in [0.25, 0.3) is 16.9 Å². The molecule has 5 nitrogen and oxygen atoms in total. The number of amides is 1. The number of hydrogen-bond donors (Lipinski definition) is 1. The molecule has 0 atom stereocenters. The van der Waals surface area contributed by atoms with E-state index in [1.807, 2.05) is 30.3 Å². The molecule has 0 aliphatic rings. The molecule has 0 aliphatic heterocycles. The van der Waals surface area contributed by atoms with E-state index >= 15 is 0 Å². The lowest BCUT2D eigenvalue weighted by molar-refractivity contribution is 0.101. The van der Waals surface area contributed by atoms with Crippen LogP contribution in [0.5, 0.6) is 0 Å². The largest absolute Gasteiger partial charge is 0.322 e. The van der Waals surface area contributed by atoms with E-state index in [1.165, 1.54) is 19.1 Å². The molecule has 1 amide bonds. The predicted molar refractivity (Wildman–Crippen MR) is 113 cm³/mol. The van der Waals surface area contributed by atoms with Crippen LogP contribution in [0.15, 0.2) is 85.1 Å². The van der Waals surface area contributed by atoms with Crippen molar-refractivity contribution in [2.24, 2.45) is 0 Å². The van der Waals surface area contributed by atoms with Crippen molar-refractivity contribution in [3.8, 4) is 16.9 Å². The number of aromatic nitrogens is 2. The van der Waals surface area contributed by atoms with Crippen molar-refractivity contribution < 1.29 is 14.0 Å². The molecule has 3 aromatic carbocycles. The summed E-state index contributed by atoms with van der Waals surface area (Å²) in [4.78, 5) is 24.5. The number of carbonyl (C=O) groups is 2. The third-order valence-corrected chi connectivity index (χ3v) is 4.65. The summed E-state index contributed by atoms with van der Waals surface area (Å²) in [6.07, 6.45) is 1.65. The van der Waals surface area contributed by atoms with E-state index < -0.39 is 0 Å². The van der Waals surface area contributed by atoms with Crippen LogP contribution in [0, 0.1) is 5.82 Å². The number of benzene rings is 3. The van der Waals surface area contributed by atoms with Gasteiger partial charge in [0.2, 0.25) is 0 Å². The van der Waals surface area contributed by atoms with E-state index in [-0.39, 0.29) is 17.5 Å². The highest BCUT2D eigenvalue weighted by molar-refractivity contribution is 6.08. The van der Waals surface area contributed by atoms with Gasteiger partial charge in [-0.2, -0.15) is 5.10 Å². The van der Waals surface area contributed by atoms with Crippen LogP contribution in [0.1, 0.15) is 27.6 Å². The average molecular weight is 399 g/mol. The monoisotopic (exact) mass is 399 g/mol. The highest BCUT2D eigenvalue weighted by atomic mass is 19.1. The lowest BCUT2D eigenvalue weighted by atomic mass is 10.1. The van der Waals surface area contributed by atoms with Crippen LogP contribution in [-0.2, 0) is 0 Å². The lowest BCUT2D eigenvalue weighted by Crippen LogP contribution is -2.12. The van der Waals surface area contributed by atoms with Crippen LogP contribution < -0.4 is 5.32 Å². The summed E-state index contributed by atoms with van der Waals surface area (Å²) in [5, 5.41) is 7.40. The number of carbonyl (C=O) groups excluding carboxylic acids is 2. The van der Waals surface area contributed by atoms with Crippen LogP contribution in [0.2, 0.25) is 0 Å². The maximum absolute atomic E-state index is 13.4. The molecule has 0 spiro atoms. The second kappa shape index (κ2) is 8.13. The van der Waals surface area contributed by atoms with Gasteiger partial charge in [0.15, 0.2) is 5.78 Å². The number of nitrogens with one attached hydrogen (secondary N) is 1. The molecular formula is C24H18FN3O2. The highest BCUT2D eigenvalue weighted by Gasteiger charge is 2.19. The quantitative estimate of drug-likeness (QED) is 0.473. The van der Waals surface area contributed by atoms with Crippen LogP contribution in [0.3, 0.4) is 0 Å². The molecule has 4 aromatic rings. The summed E-state index contributed by atoms with van der Waals surface area (Å²) in [7, 11) is 0.